The van der Waals surface area contributed by atoms with E-state index in [2.05, 4.69) is 9.97 Å². The van der Waals surface area contributed by atoms with Crippen LogP contribution in [-0.4, -0.2) is 31.9 Å². The molecule has 6 nitrogen and oxygen atoms in total. The van der Waals surface area contributed by atoms with Crippen LogP contribution in [0.25, 0.3) is 0 Å². The third-order valence-corrected chi connectivity index (χ3v) is 5.10. The van der Waals surface area contributed by atoms with E-state index in [-0.39, 0.29) is 18.5 Å². The maximum atomic E-state index is 12.8. The van der Waals surface area contributed by atoms with Gasteiger partial charge in [0.05, 0.1) is 12.5 Å². The summed E-state index contributed by atoms with van der Waals surface area (Å²) < 4.78 is 7.80. The van der Waals surface area contributed by atoms with Gasteiger partial charge in [0.2, 0.25) is 11.8 Å². The smallest absolute Gasteiger partial charge is 0.243 e. The molecule has 0 bridgehead atoms. The number of piperidine rings is 1. The minimum Gasteiger partial charge on any atom is -0.443 e. The fourth-order valence-electron chi connectivity index (χ4n) is 3.48. The van der Waals surface area contributed by atoms with E-state index in [9.17, 15) is 4.79 Å². The maximum Gasteiger partial charge on any atom is 0.243 e. The van der Waals surface area contributed by atoms with Gasteiger partial charge in [0.1, 0.15) is 18.3 Å². The summed E-state index contributed by atoms with van der Waals surface area (Å²) in [6.07, 6.45) is 10.5. The fourth-order valence-corrected chi connectivity index (χ4v) is 3.60. The molecule has 1 amide bonds. The summed E-state index contributed by atoms with van der Waals surface area (Å²) in [4.78, 5) is 23.1. The van der Waals surface area contributed by atoms with E-state index in [1.165, 1.54) is 0 Å². The predicted molar refractivity (Wildman–Crippen MR) is 101 cm³/mol. The van der Waals surface area contributed by atoms with Crippen molar-refractivity contribution in [2.45, 2.75) is 38.3 Å². The molecule has 1 unspecified atom stereocenters. The molecule has 3 heterocycles. The zero-order valence-electron chi connectivity index (χ0n) is 14.9. The van der Waals surface area contributed by atoms with Crippen molar-refractivity contribution in [3.63, 3.8) is 0 Å². The molecule has 1 aliphatic heterocycles. The van der Waals surface area contributed by atoms with Gasteiger partial charge in [-0.2, -0.15) is 0 Å². The summed E-state index contributed by atoms with van der Waals surface area (Å²) in [5.41, 5.74) is 1.11. The fraction of sp³-hybridized carbons (Fsp3) is 0.350. The number of imidazole rings is 1. The SMILES string of the molecule is O=C(Cn1ccnc1)N1CCCCC1c1ncc(Cc2ccc(Cl)cc2)o1. The summed E-state index contributed by atoms with van der Waals surface area (Å²) in [5, 5.41) is 0.714. The second-order valence-corrected chi connectivity index (χ2v) is 7.24. The van der Waals surface area contributed by atoms with Gasteiger partial charge >= 0.3 is 0 Å². The van der Waals surface area contributed by atoms with Gasteiger partial charge < -0.3 is 13.9 Å². The Kier molecular flexibility index (Phi) is 5.25. The molecule has 4 rings (SSSR count). The summed E-state index contributed by atoms with van der Waals surface area (Å²) in [5.74, 6) is 1.48. The third-order valence-electron chi connectivity index (χ3n) is 4.85. The summed E-state index contributed by atoms with van der Waals surface area (Å²) in [7, 11) is 0. The second kappa shape index (κ2) is 7.96. The number of hydrogen-bond acceptors (Lipinski definition) is 4. The first-order valence-electron chi connectivity index (χ1n) is 9.13. The Balaban J connectivity index is 1.47. The molecule has 1 aliphatic rings. The number of carbonyl (C=O) groups is 1. The molecule has 1 aromatic carbocycles. The number of rotatable bonds is 5. The van der Waals surface area contributed by atoms with E-state index in [4.69, 9.17) is 16.0 Å². The predicted octanol–water partition coefficient (Wildman–Crippen LogP) is 3.87. The number of benzene rings is 1. The van der Waals surface area contributed by atoms with Crippen LogP contribution in [0.4, 0.5) is 0 Å². The van der Waals surface area contributed by atoms with Crippen LogP contribution in [0, 0.1) is 0 Å². The third kappa shape index (κ3) is 4.22. The number of nitrogens with zero attached hydrogens (tertiary/aromatic N) is 4. The van der Waals surface area contributed by atoms with Crippen molar-refractivity contribution >= 4 is 17.5 Å². The molecule has 0 saturated carbocycles. The van der Waals surface area contributed by atoms with Gasteiger partial charge in [-0.1, -0.05) is 23.7 Å². The highest BCUT2D eigenvalue weighted by Crippen LogP contribution is 2.31. The zero-order chi connectivity index (χ0) is 18.6. The standard InChI is InChI=1S/C20H21ClN4O2/c21-16-6-4-15(5-7-16)11-17-12-23-20(27-17)18-3-1-2-9-25(18)19(26)13-24-10-8-22-14-24/h4-8,10,12,14,18H,1-3,9,11,13H2. The average molecular weight is 385 g/mol. The number of amides is 1. The van der Waals surface area contributed by atoms with Gasteiger partial charge in [0, 0.05) is 30.4 Å². The summed E-state index contributed by atoms with van der Waals surface area (Å²) >= 11 is 5.94. The number of halogens is 1. The Hall–Kier alpha value is -2.60. The van der Waals surface area contributed by atoms with Crippen LogP contribution >= 0.6 is 11.6 Å². The monoisotopic (exact) mass is 384 g/mol. The van der Waals surface area contributed by atoms with E-state index in [1.54, 1.807) is 29.5 Å². The molecule has 27 heavy (non-hydrogen) atoms. The number of hydrogen-bond donors (Lipinski definition) is 0. The van der Waals surface area contributed by atoms with Crippen LogP contribution in [0.15, 0.2) is 53.6 Å². The second-order valence-electron chi connectivity index (χ2n) is 6.80. The van der Waals surface area contributed by atoms with Gasteiger partial charge in [-0.05, 0) is 37.0 Å². The van der Waals surface area contributed by atoms with Gasteiger partial charge in [0.15, 0.2) is 0 Å². The summed E-state index contributed by atoms with van der Waals surface area (Å²) in [6, 6.07) is 7.59. The van der Waals surface area contributed by atoms with Crippen molar-refractivity contribution in [1.82, 2.24) is 19.4 Å². The van der Waals surface area contributed by atoms with Crippen molar-refractivity contribution in [1.29, 1.82) is 0 Å². The van der Waals surface area contributed by atoms with Crippen LogP contribution in [0.3, 0.4) is 0 Å². The first kappa shape index (κ1) is 17.8. The van der Waals surface area contributed by atoms with E-state index in [0.717, 1.165) is 37.1 Å². The molecule has 3 aromatic rings. The molecule has 0 aliphatic carbocycles. The molecule has 7 heteroatoms. The number of oxazole rings is 1. The highest BCUT2D eigenvalue weighted by Gasteiger charge is 2.31. The summed E-state index contributed by atoms with van der Waals surface area (Å²) in [6.45, 7) is 1.02. The number of carbonyl (C=O) groups excluding carboxylic acids is 1. The topological polar surface area (TPSA) is 64.2 Å². The van der Waals surface area contributed by atoms with E-state index < -0.39 is 0 Å². The Morgan fingerprint density at radius 3 is 2.89 bits per heavy atom. The lowest BCUT2D eigenvalue weighted by Gasteiger charge is -2.33. The van der Waals surface area contributed by atoms with Crippen LogP contribution < -0.4 is 0 Å². The highest BCUT2D eigenvalue weighted by molar-refractivity contribution is 6.30. The van der Waals surface area contributed by atoms with E-state index >= 15 is 0 Å². The Bertz CT molecular complexity index is 889. The molecular weight excluding hydrogens is 364 g/mol. The van der Waals surface area contributed by atoms with Crippen molar-refractivity contribution in [2.24, 2.45) is 0 Å². The van der Waals surface area contributed by atoms with Crippen LogP contribution in [0.5, 0.6) is 0 Å². The first-order valence-corrected chi connectivity index (χ1v) is 9.51. The Morgan fingerprint density at radius 2 is 2.11 bits per heavy atom. The average Bonchev–Trinajstić information content (AvgIpc) is 3.36. The highest BCUT2D eigenvalue weighted by atomic mass is 35.5. The van der Waals surface area contributed by atoms with Gasteiger partial charge in [-0.15, -0.1) is 0 Å². The quantitative estimate of drug-likeness (QED) is 0.669. The van der Waals surface area contributed by atoms with Crippen molar-refractivity contribution in [3.05, 3.63) is 71.4 Å². The van der Waals surface area contributed by atoms with E-state index in [1.807, 2.05) is 29.2 Å². The van der Waals surface area contributed by atoms with Crippen molar-refractivity contribution in [3.8, 4) is 0 Å². The van der Waals surface area contributed by atoms with Gasteiger partial charge in [0.25, 0.3) is 0 Å². The maximum absolute atomic E-state index is 12.8. The lowest BCUT2D eigenvalue weighted by Crippen LogP contribution is -2.40. The van der Waals surface area contributed by atoms with Crippen LogP contribution in [0.2, 0.25) is 5.02 Å². The molecule has 2 aromatic heterocycles. The lowest BCUT2D eigenvalue weighted by molar-refractivity contribution is -0.136. The molecule has 0 N–H and O–H groups in total. The molecule has 1 saturated heterocycles. The molecule has 140 valence electrons. The first-order chi connectivity index (χ1) is 13.2. The molecule has 1 fully saturated rings. The Morgan fingerprint density at radius 1 is 1.26 bits per heavy atom. The van der Waals surface area contributed by atoms with E-state index in [0.29, 0.717) is 17.3 Å². The normalized spacial score (nSPS) is 17.2. The minimum atomic E-state index is -0.103. The lowest BCUT2D eigenvalue weighted by atomic mass is 10.0. The van der Waals surface area contributed by atoms with Crippen molar-refractivity contribution < 1.29 is 9.21 Å². The number of likely N-dealkylation sites (tertiary alicyclic amines) is 1. The zero-order valence-corrected chi connectivity index (χ0v) is 15.7. The van der Waals surface area contributed by atoms with Gasteiger partial charge in [-0.25, -0.2) is 9.97 Å². The minimum absolute atomic E-state index is 0.0650. The Labute approximate surface area is 162 Å². The van der Waals surface area contributed by atoms with Crippen LogP contribution in [0.1, 0.15) is 42.5 Å². The molecular formula is C20H21ClN4O2. The van der Waals surface area contributed by atoms with Gasteiger partial charge in [-0.3, -0.25) is 4.79 Å². The molecule has 1 atom stereocenters. The molecule has 0 radical (unpaired) electrons. The largest absolute Gasteiger partial charge is 0.443 e. The van der Waals surface area contributed by atoms with Crippen LogP contribution in [-0.2, 0) is 17.8 Å². The molecule has 0 spiro atoms. The van der Waals surface area contributed by atoms with Crippen molar-refractivity contribution in [2.75, 3.05) is 6.54 Å². The number of aromatic nitrogens is 3.